The maximum atomic E-state index is 10.8. The summed E-state index contributed by atoms with van der Waals surface area (Å²) in [4.78, 5) is 12.0. The molecule has 1 aromatic rings. The van der Waals surface area contributed by atoms with Crippen LogP contribution < -0.4 is 0 Å². The lowest BCUT2D eigenvalue weighted by molar-refractivity contribution is -0.148. The van der Waals surface area contributed by atoms with E-state index in [9.17, 15) is 9.90 Å². The van der Waals surface area contributed by atoms with Crippen molar-refractivity contribution in [3.05, 3.63) is 29.8 Å². The molecule has 86 valence electrons. The van der Waals surface area contributed by atoms with Crippen molar-refractivity contribution in [2.24, 2.45) is 0 Å². The second-order valence-corrected chi connectivity index (χ2v) is 5.01. The number of thioether (sulfide) groups is 1. The molecule has 0 radical (unpaired) electrons. The highest BCUT2D eigenvalue weighted by molar-refractivity contribution is 7.98. The first-order valence-corrected chi connectivity index (χ1v) is 6.38. The number of aliphatic hydroxyl groups excluding tert-OH is 1. The lowest BCUT2D eigenvalue weighted by Gasteiger charge is -2.19. The molecule has 1 aromatic carbocycles. The Kier molecular flexibility index (Phi) is 2.95. The van der Waals surface area contributed by atoms with Crippen LogP contribution in [-0.2, 0) is 10.2 Å². The Morgan fingerprint density at radius 3 is 2.31 bits per heavy atom. The number of rotatable bonds is 4. The van der Waals surface area contributed by atoms with Gasteiger partial charge in [0.2, 0.25) is 0 Å². The van der Waals surface area contributed by atoms with E-state index >= 15 is 0 Å². The van der Waals surface area contributed by atoms with Crippen LogP contribution in [0.5, 0.6) is 0 Å². The summed E-state index contributed by atoms with van der Waals surface area (Å²) in [6, 6.07) is 7.78. The van der Waals surface area contributed by atoms with Crippen LogP contribution in [0.2, 0.25) is 0 Å². The first-order valence-electron chi connectivity index (χ1n) is 5.15. The Morgan fingerprint density at radius 1 is 1.38 bits per heavy atom. The summed E-state index contributed by atoms with van der Waals surface area (Å²) in [5.74, 6) is -1.13. The van der Waals surface area contributed by atoms with Crippen LogP contribution >= 0.6 is 11.8 Å². The fraction of sp³-hybridized carbons (Fsp3) is 0.417. The molecule has 1 saturated carbocycles. The van der Waals surface area contributed by atoms with Gasteiger partial charge in [0.1, 0.15) is 0 Å². The number of carboxylic acid groups (broad SMARTS) is 1. The van der Waals surface area contributed by atoms with Crippen LogP contribution in [0, 0.1) is 0 Å². The molecular formula is C12H14O3S. The van der Waals surface area contributed by atoms with Gasteiger partial charge in [-0.05, 0) is 36.8 Å². The van der Waals surface area contributed by atoms with Crippen LogP contribution in [-0.4, -0.2) is 28.5 Å². The van der Waals surface area contributed by atoms with E-state index in [2.05, 4.69) is 0 Å². The lowest BCUT2D eigenvalue weighted by Crippen LogP contribution is -2.33. The molecule has 16 heavy (non-hydrogen) atoms. The normalized spacial score (nSPS) is 19.1. The number of carbonyl (C=O) groups is 1. The maximum absolute atomic E-state index is 10.8. The fourth-order valence-electron chi connectivity index (χ4n) is 2.01. The van der Waals surface area contributed by atoms with E-state index in [4.69, 9.17) is 5.11 Å². The highest BCUT2D eigenvalue weighted by Crippen LogP contribution is 2.51. The van der Waals surface area contributed by atoms with E-state index in [-0.39, 0.29) is 0 Å². The molecule has 4 heteroatoms. The zero-order valence-corrected chi connectivity index (χ0v) is 9.83. The molecule has 2 N–H and O–H groups in total. The molecule has 1 atom stereocenters. The predicted octanol–water partition coefficient (Wildman–Crippen LogP) is 1.89. The van der Waals surface area contributed by atoms with Gasteiger partial charge in [-0.25, -0.2) is 4.79 Å². The summed E-state index contributed by atoms with van der Waals surface area (Å²) in [5, 5.41) is 18.6. The predicted molar refractivity (Wildman–Crippen MR) is 62.8 cm³/mol. The van der Waals surface area contributed by atoms with Crippen molar-refractivity contribution in [1.82, 2.24) is 0 Å². The highest BCUT2D eigenvalue weighted by Gasteiger charge is 2.53. The van der Waals surface area contributed by atoms with Crippen molar-refractivity contribution >= 4 is 17.7 Å². The molecule has 1 aliphatic rings. The van der Waals surface area contributed by atoms with Crippen molar-refractivity contribution in [2.45, 2.75) is 29.3 Å². The van der Waals surface area contributed by atoms with E-state index in [0.29, 0.717) is 0 Å². The van der Waals surface area contributed by atoms with E-state index in [1.165, 1.54) is 0 Å². The minimum Gasteiger partial charge on any atom is -0.479 e. The third kappa shape index (κ3) is 1.83. The molecule has 0 bridgehead atoms. The summed E-state index contributed by atoms with van der Waals surface area (Å²) < 4.78 is 0. The lowest BCUT2D eigenvalue weighted by atomic mass is 9.90. The Balaban J connectivity index is 2.26. The van der Waals surface area contributed by atoms with Crippen LogP contribution in [0.15, 0.2) is 29.2 Å². The number of hydrogen-bond acceptors (Lipinski definition) is 3. The van der Waals surface area contributed by atoms with Crippen molar-refractivity contribution < 1.29 is 15.0 Å². The molecule has 1 fully saturated rings. The number of carboxylic acids is 1. The SMILES string of the molecule is CSc1ccc(C2(C(O)C(=O)O)CC2)cc1. The molecule has 0 aliphatic heterocycles. The van der Waals surface area contributed by atoms with Crippen molar-refractivity contribution in [1.29, 1.82) is 0 Å². The molecule has 1 aliphatic carbocycles. The highest BCUT2D eigenvalue weighted by atomic mass is 32.2. The van der Waals surface area contributed by atoms with Gasteiger partial charge in [0.15, 0.2) is 6.10 Å². The maximum Gasteiger partial charge on any atom is 0.333 e. The van der Waals surface area contributed by atoms with Crippen LogP contribution in [0.4, 0.5) is 0 Å². The second kappa shape index (κ2) is 4.11. The van der Waals surface area contributed by atoms with E-state index < -0.39 is 17.5 Å². The minimum absolute atomic E-state index is 0.539. The van der Waals surface area contributed by atoms with Crippen LogP contribution in [0.1, 0.15) is 18.4 Å². The van der Waals surface area contributed by atoms with Crippen LogP contribution in [0.25, 0.3) is 0 Å². The third-order valence-electron chi connectivity index (χ3n) is 3.21. The van der Waals surface area contributed by atoms with Gasteiger partial charge in [0.05, 0.1) is 0 Å². The zero-order valence-electron chi connectivity index (χ0n) is 9.01. The van der Waals surface area contributed by atoms with Gasteiger partial charge in [0, 0.05) is 10.3 Å². The van der Waals surface area contributed by atoms with E-state index in [0.717, 1.165) is 23.3 Å². The Morgan fingerprint density at radius 2 is 1.94 bits per heavy atom. The van der Waals surface area contributed by atoms with Gasteiger partial charge in [-0.3, -0.25) is 0 Å². The summed E-state index contributed by atoms with van der Waals surface area (Å²) in [6.07, 6.45) is 2.21. The molecule has 0 spiro atoms. The number of aliphatic hydroxyl groups is 1. The molecule has 0 saturated heterocycles. The monoisotopic (exact) mass is 238 g/mol. The van der Waals surface area contributed by atoms with Gasteiger partial charge in [0.25, 0.3) is 0 Å². The van der Waals surface area contributed by atoms with Gasteiger partial charge in [-0.15, -0.1) is 11.8 Å². The van der Waals surface area contributed by atoms with Gasteiger partial charge in [-0.2, -0.15) is 0 Å². The largest absolute Gasteiger partial charge is 0.479 e. The number of aliphatic carboxylic acids is 1. The molecule has 0 aromatic heterocycles. The Bertz CT molecular complexity index is 395. The Labute approximate surface area is 98.5 Å². The summed E-state index contributed by atoms with van der Waals surface area (Å²) in [5.41, 5.74) is 0.392. The third-order valence-corrected chi connectivity index (χ3v) is 3.95. The van der Waals surface area contributed by atoms with Gasteiger partial charge >= 0.3 is 5.97 Å². The number of hydrogen-bond donors (Lipinski definition) is 2. The number of benzene rings is 1. The van der Waals surface area contributed by atoms with Crippen molar-refractivity contribution in [2.75, 3.05) is 6.26 Å². The van der Waals surface area contributed by atoms with Gasteiger partial charge < -0.3 is 10.2 Å². The van der Waals surface area contributed by atoms with Crippen LogP contribution in [0.3, 0.4) is 0 Å². The first-order chi connectivity index (χ1) is 7.60. The second-order valence-electron chi connectivity index (χ2n) is 4.13. The summed E-state index contributed by atoms with van der Waals surface area (Å²) >= 11 is 1.64. The molecule has 0 amide bonds. The quantitative estimate of drug-likeness (QED) is 0.786. The average Bonchev–Trinajstić information content (AvgIpc) is 3.09. The minimum atomic E-state index is -1.28. The standard InChI is InChI=1S/C12H14O3S/c1-16-9-4-2-8(3-5-9)12(6-7-12)10(13)11(14)15/h2-5,10,13H,6-7H2,1H3,(H,14,15). The average molecular weight is 238 g/mol. The zero-order chi connectivity index (χ0) is 11.8. The molecule has 0 heterocycles. The molecule has 3 nitrogen and oxygen atoms in total. The fourth-order valence-corrected chi connectivity index (χ4v) is 2.42. The van der Waals surface area contributed by atoms with Gasteiger partial charge in [-0.1, -0.05) is 12.1 Å². The van der Waals surface area contributed by atoms with E-state index in [1.54, 1.807) is 11.8 Å². The summed E-state index contributed by atoms with van der Waals surface area (Å²) in [6.45, 7) is 0. The van der Waals surface area contributed by atoms with Crippen molar-refractivity contribution in [3.63, 3.8) is 0 Å². The topological polar surface area (TPSA) is 57.5 Å². The molecule has 2 rings (SSSR count). The summed E-state index contributed by atoms with van der Waals surface area (Å²) in [7, 11) is 0. The smallest absolute Gasteiger partial charge is 0.333 e. The first kappa shape index (κ1) is 11.5. The molecular weight excluding hydrogens is 224 g/mol. The van der Waals surface area contributed by atoms with Crippen molar-refractivity contribution in [3.8, 4) is 0 Å². The van der Waals surface area contributed by atoms with E-state index in [1.807, 2.05) is 30.5 Å². The molecule has 1 unspecified atom stereocenters. The Hall–Kier alpha value is -1.00.